The average Bonchev–Trinajstić information content (AvgIpc) is 3.45. The number of rotatable bonds is 5. The minimum absolute atomic E-state index is 0.0939. The number of anilines is 1. The highest BCUT2D eigenvalue weighted by Gasteiger charge is 2.14. The third-order valence-electron chi connectivity index (χ3n) is 4.76. The Morgan fingerprint density at radius 2 is 2.04 bits per heavy atom. The number of nitrogens with one attached hydrogen (secondary N) is 1. The van der Waals surface area contributed by atoms with Crippen molar-refractivity contribution in [2.45, 2.75) is 13.0 Å². The average molecular weight is 387 g/mol. The van der Waals surface area contributed by atoms with Crippen LogP contribution in [0.3, 0.4) is 0 Å². The Labute approximate surface area is 165 Å². The summed E-state index contributed by atoms with van der Waals surface area (Å²) in [5, 5.41) is 12.6. The second kappa shape index (κ2) is 6.98. The van der Waals surface area contributed by atoms with Gasteiger partial charge in [0.25, 0.3) is 0 Å². The van der Waals surface area contributed by atoms with E-state index in [0.717, 1.165) is 27.3 Å². The second-order valence-electron chi connectivity index (χ2n) is 6.60. The molecule has 0 fully saturated rings. The van der Waals surface area contributed by atoms with Crippen molar-refractivity contribution in [2.24, 2.45) is 0 Å². The van der Waals surface area contributed by atoms with Gasteiger partial charge in [0, 0.05) is 21.9 Å². The highest BCUT2D eigenvalue weighted by molar-refractivity contribution is 7.09. The fourth-order valence-electron chi connectivity index (χ4n) is 3.48. The number of amides is 1. The monoisotopic (exact) mass is 387 g/mol. The van der Waals surface area contributed by atoms with Gasteiger partial charge in [-0.2, -0.15) is 5.10 Å². The number of carbonyl (C=O) groups excluding carboxylic acids is 1. The molecule has 0 aliphatic rings. The molecule has 0 spiro atoms. The summed E-state index contributed by atoms with van der Waals surface area (Å²) in [5.41, 5.74) is 1.68. The Morgan fingerprint density at radius 3 is 2.93 bits per heavy atom. The number of hydrogen-bond donors (Lipinski definition) is 1. The van der Waals surface area contributed by atoms with Crippen molar-refractivity contribution in [1.82, 2.24) is 9.78 Å². The van der Waals surface area contributed by atoms with Gasteiger partial charge < -0.3 is 9.73 Å². The molecule has 0 saturated heterocycles. The van der Waals surface area contributed by atoms with Gasteiger partial charge in [0.15, 0.2) is 0 Å². The zero-order valence-corrected chi connectivity index (χ0v) is 15.8. The van der Waals surface area contributed by atoms with E-state index in [9.17, 15) is 4.79 Å². The van der Waals surface area contributed by atoms with Gasteiger partial charge in [0.2, 0.25) is 5.91 Å². The lowest BCUT2D eigenvalue weighted by atomic mass is 10.0. The number of furan rings is 1. The molecule has 6 heteroatoms. The predicted octanol–water partition coefficient (Wildman–Crippen LogP) is 5.07. The van der Waals surface area contributed by atoms with E-state index in [1.54, 1.807) is 28.5 Å². The first kappa shape index (κ1) is 16.8. The van der Waals surface area contributed by atoms with Crippen LogP contribution in [0.2, 0.25) is 0 Å². The molecule has 5 nitrogen and oxygen atoms in total. The highest BCUT2D eigenvalue weighted by atomic mass is 32.1. The SMILES string of the molecule is O=C(Cc1coc2ccc3ccccc3c12)Nc1ccnn1Cc1cccs1. The second-order valence-corrected chi connectivity index (χ2v) is 7.63. The number of benzene rings is 2. The first-order chi connectivity index (χ1) is 13.8. The molecule has 1 amide bonds. The summed E-state index contributed by atoms with van der Waals surface area (Å²) < 4.78 is 7.49. The Bertz CT molecular complexity index is 1270. The molecule has 0 aliphatic carbocycles. The van der Waals surface area contributed by atoms with E-state index >= 15 is 0 Å². The summed E-state index contributed by atoms with van der Waals surface area (Å²) in [5.74, 6) is 0.597. The van der Waals surface area contributed by atoms with E-state index in [1.807, 2.05) is 41.8 Å². The molecule has 28 heavy (non-hydrogen) atoms. The smallest absolute Gasteiger partial charge is 0.230 e. The van der Waals surface area contributed by atoms with Crippen LogP contribution in [0.25, 0.3) is 21.7 Å². The van der Waals surface area contributed by atoms with E-state index < -0.39 is 0 Å². The van der Waals surface area contributed by atoms with Gasteiger partial charge in [0.1, 0.15) is 11.4 Å². The predicted molar refractivity (Wildman–Crippen MR) is 112 cm³/mol. The molecule has 138 valence electrons. The summed E-state index contributed by atoms with van der Waals surface area (Å²) in [7, 11) is 0. The Morgan fingerprint density at radius 1 is 1.11 bits per heavy atom. The number of hydrogen-bond acceptors (Lipinski definition) is 4. The third-order valence-corrected chi connectivity index (χ3v) is 5.62. The first-order valence-corrected chi connectivity index (χ1v) is 9.88. The van der Waals surface area contributed by atoms with Crippen molar-refractivity contribution < 1.29 is 9.21 Å². The van der Waals surface area contributed by atoms with Crippen molar-refractivity contribution in [1.29, 1.82) is 0 Å². The fourth-order valence-corrected chi connectivity index (χ4v) is 4.17. The zero-order valence-electron chi connectivity index (χ0n) is 15.0. The van der Waals surface area contributed by atoms with E-state index in [4.69, 9.17) is 4.42 Å². The zero-order chi connectivity index (χ0) is 18.9. The van der Waals surface area contributed by atoms with Crippen molar-refractivity contribution in [3.63, 3.8) is 0 Å². The van der Waals surface area contributed by atoms with Gasteiger partial charge in [-0.1, -0.05) is 36.4 Å². The number of carbonyl (C=O) groups is 1. The van der Waals surface area contributed by atoms with Gasteiger partial charge >= 0.3 is 0 Å². The standard InChI is InChI=1S/C22H17N3O2S/c26-21(24-20-9-10-23-25(20)13-17-5-3-11-28-17)12-16-14-27-19-8-7-15-4-1-2-6-18(15)22(16)19/h1-11,14H,12-13H2,(H,24,26). The number of aromatic nitrogens is 2. The number of nitrogens with zero attached hydrogens (tertiary/aromatic N) is 2. The fraction of sp³-hybridized carbons (Fsp3) is 0.0909. The first-order valence-electron chi connectivity index (χ1n) is 9.00. The minimum Gasteiger partial charge on any atom is -0.464 e. The van der Waals surface area contributed by atoms with Crippen LogP contribution in [0, 0.1) is 0 Å². The van der Waals surface area contributed by atoms with Crippen LogP contribution in [0.1, 0.15) is 10.4 Å². The van der Waals surface area contributed by atoms with Gasteiger partial charge in [0.05, 0.1) is 25.4 Å². The van der Waals surface area contributed by atoms with Gasteiger partial charge in [-0.3, -0.25) is 4.79 Å². The maximum absolute atomic E-state index is 12.7. The van der Waals surface area contributed by atoms with Crippen molar-refractivity contribution in [2.75, 3.05) is 5.32 Å². The van der Waals surface area contributed by atoms with Crippen LogP contribution in [-0.4, -0.2) is 15.7 Å². The lowest BCUT2D eigenvalue weighted by Crippen LogP contribution is -2.17. The summed E-state index contributed by atoms with van der Waals surface area (Å²) >= 11 is 1.67. The molecular weight excluding hydrogens is 370 g/mol. The topological polar surface area (TPSA) is 60.1 Å². The van der Waals surface area contributed by atoms with E-state index in [-0.39, 0.29) is 12.3 Å². The Balaban J connectivity index is 1.40. The van der Waals surface area contributed by atoms with Crippen LogP contribution in [-0.2, 0) is 17.8 Å². The molecule has 5 aromatic rings. The summed E-state index contributed by atoms with van der Waals surface area (Å²) in [6, 6.07) is 18.0. The number of thiophene rings is 1. The lowest BCUT2D eigenvalue weighted by Gasteiger charge is -2.08. The molecule has 0 bridgehead atoms. The van der Waals surface area contributed by atoms with Crippen LogP contribution >= 0.6 is 11.3 Å². The summed E-state index contributed by atoms with van der Waals surface area (Å²) in [6.45, 7) is 0.638. The third kappa shape index (κ3) is 3.08. The largest absolute Gasteiger partial charge is 0.464 e. The van der Waals surface area contributed by atoms with E-state index in [1.165, 1.54) is 4.88 Å². The molecule has 0 aliphatic heterocycles. The molecular formula is C22H17N3O2S. The molecule has 3 heterocycles. The molecule has 2 aromatic carbocycles. The van der Waals surface area contributed by atoms with Gasteiger partial charge in [-0.05, 0) is 28.3 Å². The highest BCUT2D eigenvalue weighted by Crippen LogP contribution is 2.30. The minimum atomic E-state index is -0.0939. The molecule has 0 atom stereocenters. The quantitative estimate of drug-likeness (QED) is 0.458. The molecule has 0 unspecified atom stereocenters. The van der Waals surface area contributed by atoms with Crippen LogP contribution < -0.4 is 5.32 Å². The van der Waals surface area contributed by atoms with Crippen molar-refractivity contribution in [3.8, 4) is 0 Å². The summed E-state index contributed by atoms with van der Waals surface area (Å²) in [4.78, 5) is 13.9. The molecule has 0 radical (unpaired) electrons. The van der Waals surface area contributed by atoms with Crippen molar-refractivity contribution >= 4 is 44.8 Å². The normalized spacial score (nSPS) is 11.3. The lowest BCUT2D eigenvalue weighted by molar-refractivity contribution is -0.115. The maximum Gasteiger partial charge on any atom is 0.230 e. The Kier molecular flexibility index (Phi) is 4.18. The number of fused-ring (bicyclic) bond motifs is 3. The van der Waals surface area contributed by atoms with Crippen LogP contribution in [0.4, 0.5) is 5.82 Å². The molecule has 5 rings (SSSR count). The van der Waals surface area contributed by atoms with Crippen molar-refractivity contribution in [3.05, 3.63) is 82.9 Å². The maximum atomic E-state index is 12.7. The van der Waals surface area contributed by atoms with Gasteiger partial charge in [-0.15, -0.1) is 11.3 Å². The molecule has 1 N–H and O–H groups in total. The van der Waals surface area contributed by atoms with Gasteiger partial charge in [-0.25, -0.2) is 4.68 Å². The van der Waals surface area contributed by atoms with E-state index in [0.29, 0.717) is 12.4 Å². The Hall–Kier alpha value is -3.38. The van der Waals surface area contributed by atoms with E-state index in [2.05, 4.69) is 28.6 Å². The molecule has 0 saturated carbocycles. The summed E-state index contributed by atoms with van der Waals surface area (Å²) in [6.07, 6.45) is 3.62. The van der Waals surface area contributed by atoms with Crippen LogP contribution in [0.5, 0.6) is 0 Å². The van der Waals surface area contributed by atoms with Crippen LogP contribution in [0.15, 0.2) is 76.9 Å². The molecule has 3 aromatic heterocycles.